The second-order valence-corrected chi connectivity index (χ2v) is 5.89. The highest BCUT2D eigenvalue weighted by molar-refractivity contribution is 7.99. The summed E-state index contributed by atoms with van der Waals surface area (Å²) in [6.45, 7) is 1.98. The maximum Gasteiger partial charge on any atom is 0.366 e. The molecule has 2 aromatic rings. The molecule has 0 spiro atoms. The summed E-state index contributed by atoms with van der Waals surface area (Å²) in [6, 6.07) is 12.5. The van der Waals surface area contributed by atoms with Crippen molar-refractivity contribution in [2.75, 3.05) is 5.75 Å². The molecule has 0 amide bonds. The van der Waals surface area contributed by atoms with Crippen LogP contribution in [-0.2, 0) is 4.84 Å². The first-order valence-corrected chi connectivity index (χ1v) is 8.03. The molecule has 0 aliphatic rings. The quantitative estimate of drug-likeness (QED) is 0.215. The molecule has 0 radical (unpaired) electrons. The summed E-state index contributed by atoms with van der Waals surface area (Å²) < 4.78 is 0. The molecule has 0 heterocycles. The van der Waals surface area contributed by atoms with E-state index in [4.69, 9.17) is 10.6 Å². The molecule has 0 bridgehead atoms. The Hall–Kier alpha value is -2.87. The predicted molar refractivity (Wildman–Crippen MR) is 92.1 cm³/mol. The van der Waals surface area contributed by atoms with Gasteiger partial charge in [-0.1, -0.05) is 24.2 Å². The van der Waals surface area contributed by atoms with Gasteiger partial charge in [0.25, 0.3) is 5.69 Å². The minimum absolute atomic E-state index is 0.0427. The molecule has 0 saturated heterocycles. The van der Waals surface area contributed by atoms with E-state index in [-0.39, 0.29) is 11.5 Å². The van der Waals surface area contributed by atoms with Gasteiger partial charge < -0.3 is 10.6 Å². The molecule has 0 aliphatic heterocycles. The summed E-state index contributed by atoms with van der Waals surface area (Å²) >= 11 is 1.52. The predicted octanol–water partition coefficient (Wildman–Crippen LogP) is 3.18. The van der Waals surface area contributed by atoms with Gasteiger partial charge in [-0.25, -0.2) is 4.79 Å². The highest BCUT2D eigenvalue weighted by atomic mass is 32.2. The van der Waals surface area contributed by atoms with Gasteiger partial charge in [0, 0.05) is 22.6 Å². The molecule has 2 N–H and O–H groups in total. The van der Waals surface area contributed by atoms with E-state index in [9.17, 15) is 14.9 Å². The Morgan fingerprint density at radius 2 is 1.92 bits per heavy atom. The van der Waals surface area contributed by atoms with Crippen LogP contribution < -0.4 is 5.73 Å². The maximum absolute atomic E-state index is 12.1. The number of nitro groups is 1. The van der Waals surface area contributed by atoms with Crippen molar-refractivity contribution in [3.8, 4) is 0 Å². The van der Waals surface area contributed by atoms with Crippen molar-refractivity contribution < 1.29 is 14.6 Å². The van der Waals surface area contributed by atoms with E-state index in [0.29, 0.717) is 11.1 Å². The highest BCUT2D eigenvalue weighted by Gasteiger charge is 2.13. The van der Waals surface area contributed by atoms with Crippen molar-refractivity contribution in [3.63, 3.8) is 0 Å². The van der Waals surface area contributed by atoms with Crippen molar-refractivity contribution in [2.45, 2.75) is 11.8 Å². The van der Waals surface area contributed by atoms with E-state index >= 15 is 0 Å². The average molecular weight is 345 g/mol. The second kappa shape index (κ2) is 8.11. The van der Waals surface area contributed by atoms with Crippen LogP contribution in [0, 0.1) is 10.1 Å². The molecular formula is C16H15N3O4S. The van der Waals surface area contributed by atoms with Crippen molar-refractivity contribution in [1.29, 1.82) is 0 Å². The smallest absolute Gasteiger partial charge is 0.366 e. The lowest BCUT2D eigenvalue weighted by Crippen LogP contribution is -2.15. The summed E-state index contributed by atoms with van der Waals surface area (Å²) in [4.78, 5) is 27.9. The van der Waals surface area contributed by atoms with Crippen LogP contribution in [0.3, 0.4) is 0 Å². The van der Waals surface area contributed by atoms with Crippen LogP contribution in [-0.4, -0.2) is 22.5 Å². The third-order valence-electron chi connectivity index (χ3n) is 3.01. The molecule has 7 nitrogen and oxygen atoms in total. The molecule has 124 valence electrons. The van der Waals surface area contributed by atoms with Gasteiger partial charge in [0.2, 0.25) is 0 Å². The van der Waals surface area contributed by atoms with Gasteiger partial charge in [0.1, 0.15) is 0 Å². The summed E-state index contributed by atoms with van der Waals surface area (Å²) in [5.41, 5.74) is 6.51. The molecule has 0 unspecified atom stereocenters. The van der Waals surface area contributed by atoms with Crippen LogP contribution in [0.4, 0.5) is 5.69 Å². The molecule has 2 rings (SSSR count). The zero-order valence-electron chi connectivity index (χ0n) is 12.8. The Morgan fingerprint density at radius 1 is 1.25 bits per heavy atom. The topological polar surface area (TPSA) is 108 Å². The number of thioether (sulfide) groups is 1. The van der Waals surface area contributed by atoms with Crippen LogP contribution in [0.15, 0.2) is 58.6 Å². The van der Waals surface area contributed by atoms with Gasteiger partial charge in [-0.05, 0) is 30.0 Å². The Morgan fingerprint density at radius 3 is 2.54 bits per heavy atom. The SMILES string of the molecule is CCSc1ccccc1C(=O)O/N=C(/N)c1ccc([N+](=O)[O-])cc1. The largest absolute Gasteiger partial charge is 0.380 e. The Balaban J connectivity index is 2.12. The fourth-order valence-corrected chi connectivity index (χ4v) is 2.66. The molecule has 0 aromatic heterocycles. The van der Waals surface area contributed by atoms with Crippen molar-refractivity contribution in [1.82, 2.24) is 0 Å². The van der Waals surface area contributed by atoms with Crippen molar-refractivity contribution >= 4 is 29.3 Å². The van der Waals surface area contributed by atoms with Crippen LogP contribution >= 0.6 is 11.8 Å². The first-order chi connectivity index (χ1) is 11.5. The van der Waals surface area contributed by atoms with Crippen LogP contribution in [0.1, 0.15) is 22.8 Å². The number of nitro benzene ring substituents is 1. The molecule has 2 aromatic carbocycles. The number of carbonyl (C=O) groups excluding carboxylic acids is 1. The number of amidine groups is 1. The van der Waals surface area contributed by atoms with E-state index in [0.717, 1.165) is 10.6 Å². The number of nitrogens with zero attached hydrogens (tertiary/aromatic N) is 2. The van der Waals surface area contributed by atoms with E-state index < -0.39 is 10.9 Å². The number of rotatable bonds is 6. The number of oxime groups is 1. The number of hydrogen-bond donors (Lipinski definition) is 1. The highest BCUT2D eigenvalue weighted by Crippen LogP contribution is 2.23. The number of nitrogens with two attached hydrogens (primary N) is 1. The Kier molecular flexibility index (Phi) is 5.91. The van der Waals surface area contributed by atoms with Crippen LogP contribution in [0.5, 0.6) is 0 Å². The lowest BCUT2D eigenvalue weighted by Gasteiger charge is -2.05. The van der Waals surface area contributed by atoms with Crippen molar-refractivity contribution in [2.24, 2.45) is 10.9 Å². The Bertz CT molecular complexity index is 775. The van der Waals surface area contributed by atoms with E-state index in [1.165, 1.54) is 36.0 Å². The van der Waals surface area contributed by atoms with E-state index in [1.807, 2.05) is 19.1 Å². The van der Waals surface area contributed by atoms with Crippen LogP contribution in [0.25, 0.3) is 0 Å². The summed E-state index contributed by atoms with van der Waals surface area (Å²) in [7, 11) is 0. The van der Waals surface area contributed by atoms with Gasteiger partial charge in [-0.2, -0.15) is 0 Å². The zero-order chi connectivity index (χ0) is 17.5. The molecule has 24 heavy (non-hydrogen) atoms. The number of non-ortho nitro benzene ring substituents is 1. The standard InChI is InChI=1S/C16H15N3O4S/c1-2-24-14-6-4-3-5-13(14)16(20)23-18-15(17)11-7-9-12(10-8-11)19(21)22/h3-10H,2H2,1H3,(H2,17,18). The van der Waals surface area contributed by atoms with E-state index in [1.54, 1.807) is 12.1 Å². The number of hydrogen-bond acceptors (Lipinski definition) is 6. The molecule has 0 saturated carbocycles. The van der Waals surface area contributed by atoms with Gasteiger partial charge in [-0.3, -0.25) is 10.1 Å². The minimum atomic E-state index is -0.614. The normalized spacial score (nSPS) is 11.1. The molecule has 8 heteroatoms. The van der Waals surface area contributed by atoms with Gasteiger partial charge in [0.05, 0.1) is 10.5 Å². The lowest BCUT2D eigenvalue weighted by molar-refractivity contribution is -0.384. The third kappa shape index (κ3) is 4.32. The van der Waals surface area contributed by atoms with Gasteiger partial charge >= 0.3 is 5.97 Å². The molecule has 0 aliphatic carbocycles. The molecule has 0 fully saturated rings. The summed E-state index contributed by atoms with van der Waals surface area (Å²) in [5.74, 6) is 0.161. The maximum atomic E-state index is 12.1. The first kappa shape index (κ1) is 17.5. The minimum Gasteiger partial charge on any atom is -0.380 e. The fourth-order valence-electron chi connectivity index (χ4n) is 1.86. The average Bonchev–Trinajstić information content (AvgIpc) is 2.60. The molecular weight excluding hydrogens is 330 g/mol. The summed E-state index contributed by atoms with van der Waals surface area (Å²) in [6.07, 6.45) is 0. The van der Waals surface area contributed by atoms with Gasteiger partial charge in [0.15, 0.2) is 5.84 Å². The number of carbonyl (C=O) groups is 1. The fraction of sp³-hybridized carbons (Fsp3) is 0.125. The molecule has 0 atom stereocenters. The number of benzene rings is 2. The van der Waals surface area contributed by atoms with Crippen molar-refractivity contribution in [3.05, 3.63) is 69.8 Å². The monoisotopic (exact) mass is 345 g/mol. The van der Waals surface area contributed by atoms with Gasteiger partial charge in [-0.15, -0.1) is 11.8 Å². The third-order valence-corrected chi connectivity index (χ3v) is 3.96. The summed E-state index contributed by atoms with van der Waals surface area (Å²) in [5, 5.41) is 14.2. The lowest BCUT2D eigenvalue weighted by atomic mass is 10.2. The van der Waals surface area contributed by atoms with Crippen LogP contribution in [0.2, 0.25) is 0 Å². The second-order valence-electron chi connectivity index (χ2n) is 4.59. The first-order valence-electron chi connectivity index (χ1n) is 7.04. The van der Waals surface area contributed by atoms with E-state index in [2.05, 4.69) is 5.16 Å². The zero-order valence-corrected chi connectivity index (χ0v) is 13.7. The Labute approximate surface area is 142 Å².